The first-order valence-corrected chi connectivity index (χ1v) is 3.08. The summed E-state index contributed by atoms with van der Waals surface area (Å²) in [5.41, 5.74) is 5.13. The molecular weight excluding hydrogens is 120 g/mol. The Balaban J connectivity index is 1.92. The molecule has 0 bridgehead atoms. The van der Waals surface area contributed by atoms with E-state index >= 15 is 0 Å². The predicted octanol–water partition coefficient (Wildman–Crippen LogP) is -0.0331. The maximum atomic E-state index is 10.4. The van der Waals surface area contributed by atoms with Crippen LogP contribution < -0.4 is 10.9 Å². The molecule has 2 rings (SSSR count). The van der Waals surface area contributed by atoms with Crippen LogP contribution in [-0.2, 0) is 4.74 Å². The maximum absolute atomic E-state index is 10.4. The van der Waals surface area contributed by atoms with Crippen LogP contribution in [-0.4, -0.2) is 12.3 Å². The molecule has 0 aromatic rings. The minimum atomic E-state index is -0.355. The smallest absolute Gasteiger partial charge is 0.423 e. The molecule has 0 radical (unpaired) electrons. The number of ether oxygens (including phenoxy) is 1. The molecule has 1 aliphatic carbocycles. The van der Waals surface area contributed by atoms with Crippen molar-refractivity contribution in [2.24, 2.45) is 5.92 Å². The standard InChI is InChI=1S/C5H8N2O2/c8-5-7-6-4(9-5)3-1-2-3/h3-4,6H,1-2H2,(H,7,8). The molecule has 50 valence electrons. The fourth-order valence-electron chi connectivity index (χ4n) is 0.917. The van der Waals surface area contributed by atoms with Crippen molar-refractivity contribution >= 4 is 6.09 Å². The summed E-state index contributed by atoms with van der Waals surface area (Å²) in [4.78, 5) is 10.4. The van der Waals surface area contributed by atoms with Crippen molar-refractivity contribution < 1.29 is 9.53 Å². The van der Waals surface area contributed by atoms with Crippen molar-refractivity contribution in [1.82, 2.24) is 10.9 Å². The first-order valence-electron chi connectivity index (χ1n) is 3.08. The minimum Gasteiger partial charge on any atom is -0.428 e. The van der Waals surface area contributed by atoms with E-state index in [1.807, 2.05) is 0 Å². The van der Waals surface area contributed by atoms with Gasteiger partial charge in [0.15, 0.2) is 6.23 Å². The van der Waals surface area contributed by atoms with Crippen LogP contribution in [0.3, 0.4) is 0 Å². The van der Waals surface area contributed by atoms with E-state index in [0.717, 1.165) is 0 Å². The van der Waals surface area contributed by atoms with E-state index in [1.165, 1.54) is 12.8 Å². The molecule has 0 aromatic heterocycles. The van der Waals surface area contributed by atoms with Crippen LogP contribution >= 0.6 is 0 Å². The normalized spacial score (nSPS) is 33.8. The highest BCUT2D eigenvalue weighted by Crippen LogP contribution is 2.33. The molecule has 2 aliphatic rings. The Morgan fingerprint density at radius 1 is 1.56 bits per heavy atom. The van der Waals surface area contributed by atoms with E-state index in [0.29, 0.717) is 5.92 Å². The molecule has 1 amide bonds. The summed E-state index contributed by atoms with van der Waals surface area (Å²) < 4.78 is 4.82. The summed E-state index contributed by atoms with van der Waals surface area (Å²) in [5.74, 6) is 0.559. The molecule has 0 aromatic carbocycles. The second-order valence-corrected chi connectivity index (χ2v) is 2.43. The zero-order chi connectivity index (χ0) is 6.27. The summed E-state index contributed by atoms with van der Waals surface area (Å²) in [6.45, 7) is 0. The van der Waals surface area contributed by atoms with Gasteiger partial charge in [0.1, 0.15) is 0 Å². The number of nitrogens with one attached hydrogen (secondary N) is 2. The van der Waals surface area contributed by atoms with Gasteiger partial charge >= 0.3 is 6.09 Å². The monoisotopic (exact) mass is 128 g/mol. The lowest BCUT2D eigenvalue weighted by Crippen LogP contribution is -2.32. The molecule has 1 heterocycles. The third-order valence-corrected chi connectivity index (χ3v) is 1.60. The molecule has 4 nitrogen and oxygen atoms in total. The molecule has 2 N–H and O–H groups in total. The lowest BCUT2D eigenvalue weighted by atomic mass is 10.4. The number of cyclic esters (lactones) is 1. The van der Waals surface area contributed by atoms with Gasteiger partial charge in [0.2, 0.25) is 0 Å². The molecule has 1 saturated heterocycles. The first kappa shape index (κ1) is 5.05. The average Bonchev–Trinajstić information content (AvgIpc) is 2.58. The number of hydrazine groups is 1. The maximum Gasteiger partial charge on any atom is 0.423 e. The summed E-state index contributed by atoms with van der Waals surface area (Å²) >= 11 is 0. The van der Waals surface area contributed by atoms with Gasteiger partial charge in [0.25, 0.3) is 0 Å². The molecule has 2 fully saturated rings. The van der Waals surface area contributed by atoms with Crippen LogP contribution in [0.15, 0.2) is 0 Å². The number of amides is 1. The first-order chi connectivity index (χ1) is 4.36. The second-order valence-electron chi connectivity index (χ2n) is 2.43. The van der Waals surface area contributed by atoms with E-state index in [-0.39, 0.29) is 12.3 Å². The number of carbonyl (C=O) groups is 1. The zero-order valence-electron chi connectivity index (χ0n) is 4.89. The number of carbonyl (C=O) groups excluding carboxylic acids is 1. The van der Waals surface area contributed by atoms with Crippen LogP contribution in [0.25, 0.3) is 0 Å². The number of rotatable bonds is 1. The zero-order valence-corrected chi connectivity index (χ0v) is 4.89. The Bertz CT molecular complexity index is 144. The Labute approximate surface area is 52.5 Å². The SMILES string of the molecule is O=C1NNC(C2CC2)O1. The molecular formula is C5H8N2O2. The van der Waals surface area contributed by atoms with Crippen LogP contribution in [0.1, 0.15) is 12.8 Å². The number of hydrogen-bond acceptors (Lipinski definition) is 3. The molecule has 4 heteroatoms. The highest BCUT2D eigenvalue weighted by molar-refractivity contribution is 5.68. The van der Waals surface area contributed by atoms with Crippen molar-refractivity contribution in [3.63, 3.8) is 0 Å². The van der Waals surface area contributed by atoms with Gasteiger partial charge in [-0.15, -0.1) is 0 Å². The van der Waals surface area contributed by atoms with Crippen molar-refractivity contribution in [2.45, 2.75) is 19.1 Å². The highest BCUT2D eigenvalue weighted by Gasteiger charge is 2.37. The van der Waals surface area contributed by atoms with Crippen molar-refractivity contribution in [3.05, 3.63) is 0 Å². The Morgan fingerprint density at radius 3 is 2.78 bits per heavy atom. The second kappa shape index (κ2) is 1.60. The van der Waals surface area contributed by atoms with Gasteiger partial charge in [-0.2, -0.15) is 5.43 Å². The molecule has 9 heavy (non-hydrogen) atoms. The summed E-state index contributed by atoms with van der Waals surface area (Å²) in [6.07, 6.45) is 1.93. The van der Waals surface area contributed by atoms with E-state index in [2.05, 4.69) is 10.9 Å². The summed E-state index contributed by atoms with van der Waals surface area (Å²) in [5, 5.41) is 0. The average molecular weight is 128 g/mol. The number of hydrogen-bond donors (Lipinski definition) is 2. The summed E-state index contributed by atoms with van der Waals surface area (Å²) in [7, 11) is 0. The van der Waals surface area contributed by atoms with Gasteiger partial charge in [0.05, 0.1) is 0 Å². The Hall–Kier alpha value is -0.770. The van der Waals surface area contributed by atoms with Gasteiger partial charge in [0, 0.05) is 5.92 Å². The largest absolute Gasteiger partial charge is 0.428 e. The van der Waals surface area contributed by atoms with E-state index in [1.54, 1.807) is 0 Å². The van der Waals surface area contributed by atoms with Crippen molar-refractivity contribution in [2.75, 3.05) is 0 Å². The minimum absolute atomic E-state index is 0.0579. The lowest BCUT2D eigenvalue weighted by molar-refractivity contribution is 0.116. The van der Waals surface area contributed by atoms with Crippen LogP contribution in [0.5, 0.6) is 0 Å². The van der Waals surface area contributed by atoms with Gasteiger partial charge in [-0.3, -0.25) is 5.43 Å². The predicted molar refractivity (Wildman–Crippen MR) is 29.3 cm³/mol. The molecule has 0 spiro atoms. The fourth-order valence-corrected chi connectivity index (χ4v) is 0.917. The van der Waals surface area contributed by atoms with Crippen LogP contribution in [0.4, 0.5) is 4.79 Å². The Kier molecular flexibility index (Phi) is 0.900. The fraction of sp³-hybridized carbons (Fsp3) is 0.800. The third-order valence-electron chi connectivity index (χ3n) is 1.60. The molecule has 1 saturated carbocycles. The summed E-state index contributed by atoms with van der Waals surface area (Å²) in [6, 6.07) is 0. The van der Waals surface area contributed by atoms with E-state index < -0.39 is 0 Å². The van der Waals surface area contributed by atoms with Crippen molar-refractivity contribution in [1.29, 1.82) is 0 Å². The van der Waals surface area contributed by atoms with Gasteiger partial charge in [-0.1, -0.05) is 0 Å². The Morgan fingerprint density at radius 2 is 2.33 bits per heavy atom. The van der Waals surface area contributed by atoms with Crippen LogP contribution in [0, 0.1) is 5.92 Å². The van der Waals surface area contributed by atoms with Gasteiger partial charge in [-0.05, 0) is 12.8 Å². The van der Waals surface area contributed by atoms with Gasteiger partial charge in [-0.25, -0.2) is 4.79 Å². The van der Waals surface area contributed by atoms with E-state index in [4.69, 9.17) is 4.74 Å². The van der Waals surface area contributed by atoms with E-state index in [9.17, 15) is 4.79 Å². The molecule has 1 aliphatic heterocycles. The highest BCUT2D eigenvalue weighted by atomic mass is 16.6. The van der Waals surface area contributed by atoms with Crippen molar-refractivity contribution in [3.8, 4) is 0 Å². The molecule has 1 unspecified atom stereocenters. The lowest BCUT2D eigenvalue weighted by Gasteiger charge is -2.02. The van der Waals surface area contributed by atoms with Crippen LogP contribution in [0.2, 0.25) is 0 Å². The molecule has 1 atom stereocenters. The topological polar surface area (TPSA) is 50.4 Å². The quantitative estimate of drug-likeness (QED) is 0.521. The van der Waals surface area contributed by atoms with Gasteiger partial charge < -0.3 is 4.74 Å². The third kappa shape index (κ3) is 0.853.